The molecule has 0 heterocycles. The summed E-state index contributed by atoms with van der Waals surface area (Å²) in [6.45, 7) is 0. The maximum absolute atomic E-state index is 11.7. The molecule has 2 rings (SSSR count). The Morgan fingerprint density at radius 2 is 1.80 bits per heavy atom. The van der Waals surface area contributed by atoms with Crippen LogP contribution in [0.3, 0.4) is 0 Å². The van der Waals surface area contributed by atoms with E-state index in [0.717, 1.165) is 12.8 Å². The topological polar surface area (TPSA) is 49.3 Å². The number of carbonyl (C=O) groups is 1. The van der Waals surface area contributed by atoms with Gasteiger partial charge in [0.1, 0.15) is 5.75 Å². The highest BCUT2D eigenvalue weighted by Gasteiger charge is 2.14. The fraction of sp³-hybridized carbons (Fsp3) is 0.250. The molecule has 0 bridgehead atoms. The molecule has 15 heavy (non-hydrogen) atoms. The lowest BCUT2D eigenvalue weighted by Crippen LogP contribution is -2.32. The molecule has 78 valence electrons. The predicted molar refractivity (Wildman–Crippen MR) is 57.7 cm³/mol. The number of rotatable bonds is 2. The quantitative estimate of drug-likeness (QED) is 0.720. The third-order valence-electron chi connectivity index (χ3n) is 2.47. The minimum Gasteiger partial charge on any atom is -0.508 e. The van der Waals surface area contributed by atoms with Gasteiger partial charge in [0.05, 0.1) is 0 Å². The second-order valence-electron chi connectivity index (χ2n) is 3.66. The van der Waals surface area contributed by atoms with E-state index < -0.39 is 0 Å². The van der Waals surface area contributed by atoms with E-state index in [1.54, 1.807) is 12.1 Å². The summed E-state index contributed by atoms with van der Waals surface area (Å²) in [7, 11) is 0. The standard InChI is InChI=1S/C12H13NO2/c14-11-7-5-9(6-8-11)12(15)13-10-3-1-2-4-10/h1-2,5-8,10,14H,3-4H2,(H,13,15). The molecule has 0 radical (unpaired) electrons. The zero-order valence-corrected chi connectivity index (χ0v) is 8.31. The Morgan fingerprint density at radius 1 is 1.20 bits per heavy atom. The fourth-order valence-electron chi connectivity index (χ4n) is 1.62. The van der Waals surface area contributed by atoms with Crippen LogP contribution in [0.15, 0.2) is 36.4 Å². The summed E-state index contributed by atoms with van der Waals surface area (Å²) in [5, 5.41) is 12.0. The summed E-state index contributed by atoms with van der Waals surface area (Å²) in [5.74, 6) is 0.0952. The maximum atomic E-state index is 11.7. The Bertz CT molecular complexity index is 373. The number of benzene rings is 1. The van der Waals surface area contributed by atoms with Gasteiger partial charge in [0.15, 0.2) is 0 Å². The van der Waals surface area contributed by atoms with Gasteiger partial charge in [0.2, 0.25) is 0 Å². The van der Waals surface area contributed by atoms with E-state index in [4.69, 9.17) is 5.11 Å². The molecule has 0 aromatic heterocycles. The lowest BCUT2D eigenvalue weighted by atomic mass is 10.1. The van der Waals surface area contributed by atoms with Crippen LogP contribution < -0.4 is 5.32 Å². The molecule has 1 aliphatic carbocycles. The smallest absolute Gasteiger partial charge is 0.251 e. The molecule has 1 aliphatic rings. The molecule has 0 aliphatic heterocycles. The van der Waals surface area contributed by atoms with Gasteiger partial charge in [-0.05, 0) is 37.1 Å². The van der Waals surface area contributed by atoms with E-state index in [2.05, 4.69) is 17.5 Å². The molecular formula is C12H13NO2. The van der Waals surface area contributed by atoms with Crippen molar-refractivity contribution in [1.29, 1.82) is 0 Å². The summed E-state index contributed by atoms with van der Waals surface area (Å²) in [5.41, 5.74) is 0.583. The first kappa shape index (κ1) is 9.77. The van der Waals surface area contributed by atoms with E-state index in [-0.39, 0.29) is 17.7 Å². The van der Waals surface area contributed by atoms with E-state index in [9.17, 15) is 4.79 Å². The highest BCUT2D eigenvalue weighted by molar-refractivity contribution is 5.94. The van der Waals surface area contributed by atoms with Gasteiger partial charge in [-0.1, -0.05) is 12.2 Å². The van der Waals surface area contributed by atoms with Gasteiger partial charge in [-0.2, -0.15) is 0 Å². The summed E-state index contributed by atoms with van der Waals surface area (Å²) in [6, 6.07) is 6.50. The predicted octanol–water partition coefficient (Wildman–Crippen LogP) is 1.84. The van der Waals surface area contributed by atoms with Gasteiger partial charge in [-0.15, -0.1) is 0 Å². The first-order chi connectivity index (χ1) is 7.25. The van der Waals surface area contributed by atoms with Gasteiger partial charge < -0.3 is 10.4 Å². The zero-order valence-electron chi connectivity index (χ0n) is 8.31. The van der Waals surface area contributed by atoms with Crippen LogP contribution in [-0.4, -0.2) is 17.1 Å². The van der Waals surface area contributed by atoms with Crippen LogP contribution in [-0.2, 0) is 0 Å². The summed E-state index contributed by atoms with van der Waals surface area (Å²) in [4.78, 5) is 11.7. The van der Waals surface area contributed by atoms with Crippen molar-refractivity contribution < 1.29 is 9.90 Å². The van der Waals surface area contributed by atoms with Crippen LogP contribution in [0.2, 0.25) is 0 Å². The monoisotopic (exact) mass is 203 g/mol. The minimum absolute atomic E-state index is 0.0799. The fourth-order valence-corrected chi connectivity index (χ4v) is 1.62. The van der Waals surface area contributed by atoms with Gasteiger partial charge in [0, 0.05) is 11.6 Å². The van der Waals surface area contributed by atoms with Gasteiger partial charge in [-0.3, -0.25) is 4.79 Å². The Kier molecular flexibility index (Phi) is 2.72. The molecule has 0 atom stereocenters. The first-order valence-electron chi connectivity index (χ1n) is 5.00. The summed E-state index contributed by atoms with van der Waals surface area (Å²) in [6.07, 6.45) is 5.96. The zero-order chi connectivity index (χ0) is 10.7. The van der Waals surface area contributed by atoms with Crippen molar-refractivity contribution >= 4 is 5.91 Å². The van der Waals surface area contributed by atoms with E-state index in [1.165, 1.54) is 12.1 Å². The third-order valence-corrected chi connectivity index (χ3v) is 2.47. The van der Waals surface area contributed by atoms with Crippen molar-refractivity contribution in [1.82, 2.24) is 5.32 Å². The SMILES string of the molecule is O=C(NC1CC=CC1)c1ccc(O)cc1. The number of hydrogen-bond acceptors (Lipinski definition) is 2. The molecule has 0 fully saturated rings. The van der Waals surface area contributed by atoms with Crippen molar-refractivity contribution in [2.45, 2.75) is 18.9 Å². The van der Waals surface area contributed by atoms with Crippen molar-refractivity contribution in [3.63, 3.8) is 0 Å². The van der Waals surface area contributed by atoms with E-state index in [1.807, 2.05) is 0 Å². The highest BCUT2D eigenvalue weighted by Crippen LogP contribution is 2.12. The number of nitrogens with one attached hydrogen (secondary N) is 1. The summed E-state index contributed by atoms with van der Waals surface area (Å²) >= 11 is 0. The average molecular weight is 203 g/mol. The van der Waals surface area contributed by atoms with Crippen LogP contribution in [0.5, 0.6) is 5.75 Å². The van der Waals surface area contributed by atoms with Crippen LogP contribution in [0.1, 0.15) is 23.2 Å². The molecule has 2 N–H and O–H groups in total. The molecule has 0 saturated carbocycles. The first-order valence-corrected chi connectivity index (χ1v) is 5.00. The highest BCUT2D eigenvalue weighted by atomic mass is 16.3. The second-order valence-corrected chi connectivity index (χ2v) is 3.66. The summed E-state index contributed by atoms with van der Waals surface area (Å²) < 4.78 is 0. The van der Waals surface area contributed by atoms with E-state index >= 15 is 0 Å². The van der Waals surface area contributed by atoms with Crippen LogP contribution >= 0.6 is 0 Å². The van der Waals surface area contributed by atoms with Gasteiger partial charge in [-0.25, -0.2) is 0 Å². The number of phenols is 1. The van der Waals surface area contributed by atoms with Gasteiger partial charge >= 0.3 is 0 Å². The minimum atomic E-state index is -0.0799. The molecule has 0 unspecified atom stereocenters. The number of phenolic OH excluding ortho intramolecular Hbond substituents is 1. The Labute approximate surface area is 88.4 Å². The number of amides is 1. The molecule has 0 saturated heterocycles. The molecule has 3 heteroatoms. The number of carbonyl (C=O) groups excluding carboxylic acids is 1. The largest absolute Gasteiger partial charge is 0.508 e. The van der Waals surface area contributed by atoms with Crippen LogP contribution in [0.4, 0.5) is 0 Å². The molecule has 0 spiro atoms. The van der Waals surface area contributed by atoms with Crippen molar-refractivity contribution in [2.24, 2.45) is 0 Å². The second kappa shape index (κ2) is 4.17. The van der Waals surface area contributed by atoms with Crippen LogP contribution in [0.25, 0.3) is 0 Å². The number of hydrogen-bond donors (Lipinski definition) is 2. The average Bonchev–Trinajstić information content (AvgIpc) is 2.71. The number of aromatic hydroxyl groups is 1. The van der Waals surface area contributed by atoms with E-state index in [0.29, 0.717) is 5.56 Å². The van der Waals surface area contributed by atoms with Crippen molar-refractivity contribution in [2.75, 3.05) is 0 Å². The maximum Gasteiger partial charge on any atom is 0.251 e. The van der Waals surface area contributed by atoms with Crippen molar-refractivity contribution in [3.05, 3.63) is 42.0 Å². The van der Waals surface area contributed by atoms with Crippen LogP contribution in [0, 0.1) is 0 Å². The molecule has 1 amide bonds. The Balaban J connectivity index is 1.98. The van der Waals surface area contributed by atoms with Crippen molar-refractivity contribution in [3.8, 4) is 5.75 Å². The normalized spacial score (nSPS) is 15.5. The lowest BCUT2D eigenvalue weighted by Gasteiger charge is -2.11. The molecule has 3 nitrogen and oxygen atoms in total. The lowest BCUT2D eigenvalue weighted by molar-refractivity contribution is 0.0939. The third kappa shape index (κ3) is 2.37. The Morgan fingerprint density at radius 3 is 2.40 bits per heavy atom. The van der Waals surface area contributed by atoms with Gasteiger partial charge in [0.25, 0.3) is 5.91 Å². The molecule has 1 aromatic rings. The Hall–Kier alpha value is -1.77. The molecule has 1 aromatic carbocycles. The molecular weight excluding hydrogens is 190 g/mol.